The van der Waals surface area contributed by atoms with Crippen molar-refractivity contribution in [2.24, 2.45) is 0 Å². The Bertz CT molecular complexity index is 333. The van der Waals surface area contributed by atoms with Crippen molar-refractivity contribution in [3.05, 3.63) is 33.3 Å². The molecule has 0 aliphatic heterocycles. The van der Waals surface area contributed by atoms with Crippen molar-refractivity contribution in [3.8, 4) is 0 Å². The third kappa shape index (κ3) is 6.41. The Kier molecular flexibility index (Phi) is 7.86. The highest BCUT2D eigenvalue weighted by molar-refractivity contribution is 9.10. The minimum absolute atomic E-state index is 0.800. The average molecular weight is 321 g/mol. The van der Waals surface area contributed by atoms with Crippen molar-refractivity contribution in [1.29, 1.82) is 0 Å². The van der Waals surface area contributed by atoms with Gasteiger partial charge in [0.25, 0.3) is 0 Å². The second-order valence-corrected chi connectivity index (χ2v) is 5.20. The van der Waals surface area contributed by atoms with Crippen LogP contribution in [0, 0.1) is 0 Å². The largest absolute Gasteiger partial charge is 0.381 e. The SMILES string of the molecule is CCCOCCCNCc1ccc(Br)cc1Cl. The monoisotopic (exact) mass is 319 g/mol. The van der Waals surface area contributed by atoms with Crippen LogP contribution in [0.3, 0.4) is 0 Å². The fourth-order valence-electron chi connectivity index (χ4n) is 1.43. The molecular formula is C13H19BrClNO. The molecule has 0 aliphatic carbocycles. The lowest BCUT2D eigenvalue weighted by molar-refractivity contribution is 0.132. The third-order valence-electron chi connectivity index (χ3n) is 2.32. The molecule has 0 aliphatic rings. The van der Waals surface area contributed by atoms with Gasteiger partial charge in [0, 0.05) is 29.3 Å². The van der Waals surface area contributed by atoms with Gasteiger partial charge in [0.1, 0.15) is 0 Å². The normalized spacial score (nSPS) is 10.8. The van der Waals surface area contributed by atoms with Gasteiger partial charge in [0.05, 0.1) is 0 Å². The minimum atomic E-state index is 0.800. The summed E-state index contributed by atoms with van der Waals surface area (Å²) in [6, 6.07) is 5.96. The van der Waals surface area contributed by atoms with Crippen LogP contribution in [0.25, 0.3) is 0 Å². The topological polar surface area (TPSA) is 21.3 Å². The van der Waals surface area contributed by atoms with Crippen molar-refractivity contribution >= 4 is 27.5 Å². The van der Waals surface area contributed by atoms with Crippen molar-refractivity contribution in [3.63, 3.8) is 0 Å². The first-order valence-corrected chi connectivity index (χ1v) is 7.13. The van der Waals surface area contributed by atoms with Crippen LogP contribution in [-0.2, 0) is 11.3 Å². The summed E-state index contributed by atoms with van der Waals surface area (Å²) in [5.74, 6) is 0. The molecule has 0 radical (unpaired) electrons. The van der Waals surface area contributed by atoms with Crippen LogP contribution in [-0.4, -0.2) is 19.8 Å². The highest BCUT2D eigenvalue weighted by atomic mass is 79.9. The first kappa shape index (κ1) is 15.0. The van der Waals surface area contributed by atoms with E-state index in [1.165, 1.54) is 0 Å². The maximum absolute atomic E-state index is 6.12. The predicted octanol–water partition coefficient (Wildman–Crippen LogP) is 4.01. The average Bonchev–Trinajstić information content (AvgIpc) is 2.30. The maximum atomic E-state index is 6.12. The molecule has 1 N–H and O–H groups in total. The first-order chi connectivity index (χ1) is 8.24. The molecule has 0 aromatic heterocycles. The molecule has 0 saturated carbocycles. The van der Waals surface area contributed by atoms with Gasteiger partial charge in [-0.1, -0.05) is 40.5 Å². The number of ether oxygens (including phenoxy) is 1. The number of rotatable bonds is 8. The van der Waals surface area contributed by atoms with Gasteiger partial charge in [0.2, 0.25) is 0 Å². The fraction of sp³-hybridized carbons (Fsp3) is 0.538. The number of hydrogen-bond acceptors (Lipinski definition) is 2. The predicted molar refractivity (Wildman–Crippen MR) is 76.6 cm³/mol. The third-order valence-corrected chi connectivity index (χ3v) is 3.17. The Balaban J connectivity index is 2.14. The van der Waals surface area contributed by atoms with Crippen LogP contribution >= 0.6 is 27.5 Å². The highest BCUT2D eigenvalue weighted by Gasteiger charge is 2.00. The zero-order chi connectivity index (χ0) is 12.5. The minimum Gasteiger partial charge on any atom is -0.381 e. The second-order valence-electron chi connectivity index (χ2n) is 3.88. The van der Waals surface area contributed by atoms with Gasteiger partial charge in [-0.15, -0.1) is 0 Å². The van der Waals surface area contributed by atoms with Crippen LogP contribution in [0.5, 0.6) is 0 Å². The van der Waals surface area contributed by atoms with Crippen LogP contribution < -0.4 is 5.32 Å². The lowest BCUT2D eigenvalue weighted by Gasteiger charge is -2.07. The number of hydrogen-bond donors (Lipinski definition) is 1. The molecule has 2 nitrogen and oxygen atoms in total. The van der Waals surface area contributed by atoms with Crippen molar-refractivity contribution in [2.45, 2.75) is 26.3 Å². The number of benzene rings is 1. The molecule has 0 heterocycles. The molecule has 0 unspecified atom stereocenters. The summed E-state index contributed by atoms with van der Waals surface area (Å²) >= 11 is 9.51. The molecule has 96 valence electrons. The molecule has 1 rings (SSSR count). The molecule has 1 aromatic rings. The van der Waals surface area contributed by atoms with E-state index in [0.29, 0.717) is 0 Å². The lowest BCUT2D eigenvalue weighted by atomic mass is 10.2. The maximum Gasteiger partial charge on any atom is 0.0478 e. The second kappa shape index (κ2) is 8.92. The van der Waals surface area contributed by atoms with Crippen molar-refractivity contribution < 1.29 is 4.74 Å². The summed E-state index contributed by atoms with van der Waals surface area (Å²) in [5, 5.41) is 4.16. The molecule has 17 heavy (non-hydrogen) atoms. The van der Waals surface area contributed by atoms with E-state index in [0.717, 1.165) is 54.2 Å². The van der Waals surface area contributed by atoms with E-state index in [-0.39, 0.29) is 0 Å². The molecule has 0 spiro atoms. The van der Waals surface area contributed by atoms with Gasteiger partial charge >= 0.3 is 0 Å². The molecule has 1 aromatic carbocycles. The molecule has 0 amide bonds. The molecule has 0 fully saturated rings. The Labute approximate surface area is 117 Å². The van der Waals surface area contributed by atoms with Gasteiger partial charge in [-0.3, -0.25) is 0 Å². The summed E-state index contributed by atoms with van der Waals surface area (Å²) < 4.78 is 6.42. The zero-order valence-corrected chi connectivity index (χ0v) is 12.5. The molecule has 0 saturated heterocycles. The van der Waals surface area contributed by atoms with Crippen molar-refractivity contribution in [1.82, 2.24) is 5.32 Å². The van der Waals surface area contributed by atoms with Gasteiger partial charge in [-0.05, 0) is 37.1 Å². The highest BCUT2D eigenvalue weighted by Crippen LogP contribution is 2.20. The van der Waals surface area contributed by atoms with E-state index < -0.39 is 0 Å². The first-order valence-electron chi connectivity index (χ1n) is 5.96. The number of nitrogens with one attached hydrogen (secondary N) is 1. The number of halogens is 2. The van der Waals surface area contributed by atoms with Gasteiger partial charge in [-0.25, -0.2) is 0 Å². The van der Waals surface area contributed by atoms with Crippen LogP contribution in [0.15, 0.2) is 22.7 Å². The van der Waals surface area contributed by atoms with Crippen LogP contribution in [0.1, 0.15) is 25.3 Å². The Morgan fingerprint density at radius 1 is 1.35 bits per heavy atom. The molecular weight excluding hydrogens is 302 g/mol. The van der Waals surface area contributed by atoms with E-state index >= 15 is 0 Å². The zero-order valence-electron chi connectivity index (χ0n) is 10.1. The smallest absolute Gasteiger partial charge is 0.0478 e. The van der Waals surface area contributed by atoms with E-state index in [2.05, 4.69) is 28.2 Å². The van der Waals surface area contributed by atoms with E-state index in [1.807, 2.05) is 18.2 Å². The van der Waals surface area contributed by atoms with Crippen molar-refractivity contribution in [2.75, 3.05) is 19.8 Å². The fourth-order valence-corrected chi connectivity index (χ4v) is 2.17. The summed E-state index contributed by atoms with van der Waals surface area (Å²) in [7, 11) is 0. The molecule has 0 bridgehead atoms. The van der Waals surface area contributed by atoms with Crippen LogP contribution in [0.2, 0.25) is 5.02 Å². The quantitative estimate of drug-likeness (QED) is 0.731. The summed E-state index contributed by atoms with van der Waals surface area (Å²) in [6.45, 7) is 5.57. The molecule has 0 atom stereocenters. The summed E-state index contributed by atoms with van der Waals surface area (Å²) in [4.78, 5) is 0. The van der Waals surface area contributed by atoms with Gasteiger partial charge in [0.15, 0.2) is 0 Å². The Hall–Kier alpha value is -0.0900. The van der Waals surface area contributed by atoms with E-state index in [9.17, 15) is 0 Å². The summed E-state index contributed by atoms with van der Waals surface area (Å²) in [5.41, 5.74) is 1.13. The Morgan fingerprint density at radius 3 is 2.88 bits per heavy atom. The van der Waals surface area contributed by atoms with Gasteiger partial charge < -0.3 is 10.1 Å². The van der Waals surface area contributed by atoms with Gasteiger partial charge in [-0.2, -0.15) is 0 Å². The molecule has 4 heteroatoms. The lowest BCUT2D eigenvalue weighted by Crippen LogP contribution is -2.16. The Morgan fingerprint density at radius 2 is 2.18 bits per heavy atom. The summed E-state index contributed by atoms with van der Waals surface area (Å²) in [6.07, 6.45) is 2.12. The van der Waals surface area contributed by atoms with E-state index in [1.54, 1.807) is 0 Å². The van der Waals surface area contributed by atoms with Crippen LogP contribution in [0.4, 0.5) is 0 Å². The standard InChI is InChI=1S/C13H19BrClNO/c1-2-7-17-8-3-6-16-10-11-4-5-12(14)9-13(11)15/h4-5,9,16H,2-3,6-8,10H2,1H3. The van der Waals surface area contributed by atoms with E-state index in [4.69, 9.17) is 16.3 Å².